The van der Waals surface area contributed by atoms with E-state index in [0.717, 1.165) is 52.2 Å². The molecule has 25 heavy (non-hydrogen) atoms. The van der Waals surface area contributed by atoms with Crippen molar-refractivity contribution in [1.29, 1.82) is 0 Å². The molecular formula is C17H21N3O3S2. The first-order valence-corrected chi connectivity index (χ1v) is 10.4. The van der Waals surface area contributed by atoms with Crippen molar-refractivity contribution in [3.63, 3.8) is 0 Å². The summed E-state index contributed by atoms with van der Waals surface area (Å²) in [4.78, 5) is 21.6. The van der Waals surface area contributed by atoms with E-state index in [4.69, 9.17) is 14.5 Å². The van der Waals surface area contributed by atoms with Gasteiger partial charge in [0.1, 0.15) is 5.75 Å². The molecule has 1 aromatic carbocycles. The van der Waals surface area contributed by atoms with Crippen molar-refractivity contribution in [2.24, 2.45) is 0 Å². The molecule has 0 spiro atoms. The monoisotopic (exact) mass is 379 g/mol. The molecule has 2 aliphatic rings. The molecule has 0 saturated carbocycles. The molecule has 6 nitrogen and oxygen atoms in total. The van der Waals surface area contributed by atoms with Crippen molar-refractivity contribution < 1.29 is 14.3 Å². The Kier molecular flexibility index (Phi) is 5.00. The Labute approximate surface area is 155 Å². The lowest BCUT2D eigenvalue weighted by atomic mass is 10.2. The van der Waals surface area contributed by atoms with Gasteiger partial charge >= 0.3 is 0 Å². The Morgan fingerprint density at radius 2 is 2.16 bits per heavy atom. The third-order valence-electron chi connectivity index (χ3n) is 4.52. The number of nitrogens with zero attached hydrogens (tertiary/aromatic N) is 3. The molecule has 2 fully saturated rings. The molecule has 2 aromatic rings. The summed E-state index contributed by atoms with van der Waals surface area (Å²) in [6.45, 7) is 3.53. The predicted molar refractivity (Wildman–Crippen MR) is 102 cm³/mol. The van der Waals surface area contributed by atoms with Crippen LogP contribution in [0.5, 0.6) is 5.75 Å². The van der Waals surface area contributed by atoms with Crippen LogP contribution in [0.25, 0.3) is 10.2 Å². The van der Waals surface area contributed by atoms with Crippen molar-refractivity contribution in [3.05, 3.63) is 18.2 Å². The number of thiazole rings is 1. The van der Waals surface area contributed by atoms with Crippen LogP contribution in [-0.4, -0.2) is 73.3 Å². The first kappa shape index (κ1) is 16.9. The minimum Gasteiger partial charge on any atom is -0.497 e. The number of benzene rings is 1. The lowest BCUT2D eigenvalue weighted by Gasteiger charge is -2.35. The van der Waals surface area contributed by atoms with Crippen molar-refractivity contribution in [1.82, 2.24) is 9.88 Å². The van der Waals surface area contributed by atoms with E-state index < -0.39 is 6.10 Å². The average molecular weight is 380 g/mol. The van der Waals surface area contributed by atoms with Crippen LogP contribution in [0, 0.1) is 0 Å². The molecule has 1 amide bonds. The molecular weight excluding hydrogens is 358 g/mol. The van der Waals surface area contributed by atoms with E-state index >= 15 is 0 Å². The zero-order valence-corrected chi connectivity index (χ0v) is 15.8. The van der Waals surface area contributed by atoms with E-state index in [1.807, 2.05) is 34.9 Å². The SMILES string of the molecule is COc1ccc2sc(N3CCOC(C(=O)N4CCSCC4)C3)nc2c1. The zero-order valence-electron chi connectivity index (χ0n) is 14.1. The van der Waals surface area contributed by atoms with Crippen LogP contribution in [0.1, 0.15) is 0 Å². The lowest BCUT2D eigenvalue weighted by Crippen LogP contribution is -2.52. The van der Waals surface area contributed by atoms with Crippen LogP contribution >= 0.6 is 23.1 Å². The lowest BCUT2D eigenvalue weighted by molar-refractivity contribution is -0.144. The first-order chi connectivity index (χ1) is 12.2. The summed E-state index contributed by atoms with van der Waals surface area (Å²) in [5.41, 5.74) is 0.932. The summed E-state index contributed by atoms with van der Waals surface area (Å²) in [5.74, 6) is 2.96. The number of hydrogen-bond donors (Lipinski definition) is 0. The van der Waals surface area contributed by atoms with E-state index in [-0.39, 0.29) is 5.91 Å². The van der Waals surface area contributed by atoms with Gasteiger partial charge in [0.05, 0.1) is 30.5 Å². The van der Waals surface area contributed by atoms with Gasteiger partial charge in [-0.2, -0.15) is 11.8 Å². The summed E-state index contributed by atoms with van der Waals surface area (Å²) in [6.07, 6.45) is -0.390. The zero-order chi connectivity index (χ0) is 17.2. The number of carbonyl (C=O) groups excluding carboxylic acids is 1. The minimum atomic E-state index is -0.390. The topological polar surface area (TPSA) is 54.9 Å². The number of amides is 1. The van der Waals surface area contributed by atoms with Crippen LogP contribution in [-0.2, 0) is 9.53 Å². The molecule has 3 heterocycles. The normalized spacial score (nSPS) is 21.6. The smallest absolute Gasteiger partial charge is 0.253 e. The fourth-order valence-corrected chi connectivity index (χ4v) is 5.00. The molecule has 1 unspecified atom stereocenters. The number of fused-ring (bicyclic) bond motifs is 1. The molecule has 2 aliphatic heterocycles. The highest BCUT2D eigenvalue weighted by molar-refractivity contribution is 7.99. The van der Waals surface area contributed by atoms with Crippen LogP contribution in [0.15, 0.2) is 18.2 Å². The van der Waals surface area contributed by atoms with Crippen LogP contribution < -0.4 is 9.64 Å². The van der Waals surface area contributed by atoms with Gasteiger partial charge in [0, 0.05) is 37.2 Å². The molecule has 1 aromatic heterocycles. The average Bonchev–Trinajstić information content (AvgIpc) is 3.11. The predicted octanol–water partition coefficient (Wildman–Crippen LogP) is 2.09. The summed E-state index contributed by atoms with van der Waals surface area (Å²) >= 11 is 3.55. The standard InChI is InChI=1S/C17H21N3O3S2/c1-22-12-2-3-15-13(10-12)18-17(25-15)20-4-7-23-14(11-20)16(21)19-5-8-24-9-6-19/h2-3,10,14H,4-9,11H2,1H3. The maximum absolute atomic E-state index is 12.7. The maximum atomic E-state index is 12.7. The quantitative estimate of drug-likeness (QED) is 0.814. The van der Waals surface area contributed by atoms with Gasteiger partial charge < -0.3 is 19.3 Å². The van der Waals surface area contributed by atoms with E-state index in [0.29, 0.717) is 13.2 Å². The third kappa shape index (κ3) is 3.56. The fourth-order valence-electron chi connectivity index (χ4n) is 3.12. The number of carbonyl (C=O) groups is 1. The highest BCUT2D eigenvalue weighted by atomic mass is 32.2. The largest absolute Gasteiger partial charge is 0.497 e. The van der Waals surface area contributed by atoms with Gasteiger partial charge in [-0.25, -0.2) is 4.98 Å². The molecule has 134 valence electrons. The van der Waals surface area contributed by atoms with Crippen molar-refractivity contribution in [3.8, 4) is 5.75 Å². The molecule has 0 N–H and O–H groups in total. The van der Waals surface area contributed by atoms with Gasteiger partial charge in [-0.1, -0.05) is 11.3 Å². The van der Waals surface area contributed by atoms with Gasteiger partial charge in [0.2, 0.25) is 0 Å². The van der Waals surface area contributed by atoms with E-state index in [1.165, 1.54) is 0 Å². The van der Waals surface area contributed by atoms with E-state index in [9.17, 15) is 4.79 Å². The Morgan fingerprint density at radius 1 is 1.32 bits per heavy atom. The van der Waals surface area contributed by atoms with Crippen LogP contribution in [0.2, 0.25) is 0 Å². The minimum absolute atomic E-state index is 0.118. The van der Waals surface area contributed by atoms with Gasteiger partial charge in [0.15, 0.2) is 11.2 Å². The van der Waals surface area contributed by atoms with E-state index in [2.05, 4.69) is 4.90 Å². The Morgan fingerprint density at radius 3 is 2.96 bits per heavy atom. The summed E-state index contributed by atoms with van der Waals surface area (Å²) in [7, 11) is 1.66. The van der Waals surface area contributed by atoms with Crippen molar-refractivity contribution >= 4 is 44.4 Å². The number of methoxy groups -OCH3 is 1. The molecule has 8 heteroatoms. The maximum Gasteiger partial charge on any atom is 0.253 e. The summed E-state index contributed by atoms with van der Waals surface area (Å²) in [6, 6.07) is 5.93. The van der Waals surface area contributed by atoms with Crippen molar-refractivity contribution in [2.75, 3.05) is 56.3 Å². The highest BCUT2D eigenvalue weighted by Crippen LogP contribution is 2.32. The second-order valence-corrected chi connectivity index (χ2v) is 8.31. The molecule has 0 bridgehead atoms. The van der Waals surface area contributed by atoms with Gasteiger partial charge in [-0.15, -0.1) is 0 Å². The number of hydrogen-bond acceptors (Lipinski definition) is 7. The van der Waals surface area contributed by atoms with E-state index in [1.54, 1.807) is 18.4 Å². The molecule has 0 radical (unpaired) electrons. The number of ether oxygens (including phenoxy) is 2. The van der Waals surface area contributed by atoms with Crippen LogP contribution in [0.4, 0.5) is 5.13 Å². The number of aromatic nitrogens is 1. The highest BCUT2D eigenvalue weighted by Gasteiger charge is 2.32. The molecule has 4 rings (SSSR count). The van der Waals surface area contributed by atoms with Crippen LogP contribution in [0.3, 0.4) is 0 Å². The third-order valence-corrected chi connectivity index (χ3v) is 6.56. The second-order valence-electron chi connectivity index (χ2n) is 6.07. The Bertz CT molecular complexity index is 761. The molecule has 2 saturated heterocycles. The molecule has 1 atom stereocenters. The summed E-state index contributed by atoms with van der Waals surface area (Å²) in [5, 5.41) is 0.943. The number of rotatable bonds is 3. The van der Waals surface area contributed by atoms with Crippen molar-refractivity contribution in [2.45, 2.75) is 6.10 Å². The Hall–Kier alpha value is -1.51. The van der Waals surface area contributed by atoms with Gasteiger partial charge in [-0.05, 0) is 12.1 Å². The first-order valence-electron chi connectivity index (χ1n) is 8.42. The number of morpholine rings is 1. The summed E-state index contributed by atoms with van der Waals surface area (Å²) < 4.78 is 12.2. The number of thioether (sulfide) groups is 1. The van der Waals surface area contributed by atoms with Gasteiger partial charge in [-0.3, -0.25) is 4.79 Å². The van der Waals surface area contributed by atoms with Gasteiger partial charge in [0.25, 0.3) is 5.91 Å². The molecule has 0 aliphatic carbocycles. The Balaban J connectivity index is 1.49. The number of anilines is 1. The second kappa shape index (κ2) is 7.39. The fraction of sp³-hybridized carbons (Fsp3) is 0.529.